The molecule has 5 nitrogen and oxygen atoms in total. The molecule has 0 radical (unpaired) electrons. The van der Waals surface area contributed by atoms with Crippen LogP contribution in [0.5, 0.6) is 0 Å². The summed E-state index contributed by atoms with van der Waals surface area (Å²) in [5, 5.41) is 12.3. The molecule has 0 atom stereocenters. The van der Waals surface area contributed by atoms with Crippen molar-refractivity contribution >= 4 is 11.7 Å². The molecule has 0 aliphatic heterocycles. The molecule has 1 rings (SSSR count). The second-order valence-corrected chi connectivity index (χ2v) is 6.67. The van der Waals surface area contributed by atoms with E-state index >= 15 is 0 Å². The van der Waals surface area contributed by atoms with Crippen molar-refractivity contribution in [1.29, 1.82) is 5.41 Å². The van der Waals surface area contributed by atoms with Crippen LogP contribution in [0.3, 0.4) is 0 Å². The first kappa shape index (κ1) is 17.5. The molecule has 3 N–H and O–H groups in total. The molecule has 0 amide bonds. The Labute approximate surface area is 129 Å². The van der Waals surface area contributed by atoms with Gasteiger partial charge in [0.05, 0.1) is 11.3 Å². The lowest BCUT2D eigenvalue weighted by atomic mass is 10.1. The fraction of sp³-hybridized carbons (Fsp3) is 0.750. The van der Waals surface area contributed by atoms with Crippen LogP contribution in [0.25, 0.3) is 0 Å². The Hall–Kier alpha value is -1.52. The number of hydrogen-bond acceptors (Lipinski definition) is 3. The minimum absolute atomic E-state index is 0.106. The quantitative estimate of drug-likeness (QED) is 0.572. The molecular formula is C16H31N5. The largest absolute Gasteiger partial charge is 0.384 e. The van der Waals surface area contributed by atoms with Gasteiger partial charge in [0.2, 0.25) is 0 Å². The molecule has 0 aromatic carbocycles. The van der Waals surface area contributed by atoms with E-state index in [9.17, 15) is 0 Å². The zero-order valence-electron chi connectivity index (χ0n) is 14.4. The lowest BCUT2D eigenvalue weighted by molar-refractivity contribution is 0.527. The van der Waals surface area contributed by atoms with Crippen LogP contribution in [0.2, 0.25) is 0 Å². The molecule has 0 saturated heterocycles. The minimum Gasteiger partial charge on any atom is -0.384 e. The molecule has 1 aromatic heterocycles. The first-order valence-electron chi connectivity index (χ1n) is 7.87. The number of aryl methyl sites for hydroxylation is 2. The summed E-state index contributed by atoms with van der Waals surface area (Å²) in [6.07, 6.45) is 2.25. The van der Waals surface area contributed by atoms with Crippen LogP contribution in [0.15, 0.2) is 0 Å². The summed E-state index contributed by atoms with van der Waals surface area (Å²) in [6, 6.07) is 0. The number of aromatic nitrogens is 2. The summed E-state index contributed by atoms with van der Waals surface area (Å²) in [7, 11) is 1.94. The van der Waals surface area contributed by atoms with E-state index in [2.05, 4.69) is 37.7 Å². The topological polar surface area (TPSA) is 70.9 Å². The van der Waals surface area contributed by atoms with Gasteiger partial charge in [-0.05, 0) is 31.6 Å². The monoisotopic (exact) mass is 293 g/mol. The van der Waals surface area contributed by atoms with Crippen molar-refractivity contribution in [2.75, 3.05) is 18.0 Å². The Bertz CT molecular complexity index is 461. The van der Waals surface area contributed by atoms with E-state index in [0.717, 1.165) is 43.0 Å². The second-order valence-electron chi connectivity index (χ2n) is 6.67. The zero-order valence-corrected chi connectivity index (χ0v) is 14.4. The summed E-state index contributed by atoms with van der Waals surface area (Å²) in [5.41, 5.74) is 7.40. The lowest BCUT2D eigenvalue weighted by Gasteiger charge is -2.27. The van der Waals surface area contributed by atoms with Gasteiger partial charge in [-0.2, -0.15) is 5.10 Å². The van der Waals surface area contributed by atoms with E-state index < -0.39 is 0 Å². The molecule has 0 unspecified atom stereocenters. The number of anilines is 1. The summed E-state index contributed by atoms with van der Waals surface area (Å²) < 4.78 is 1.87. The van der Waals surface area contributed by atoms with Crippen LogP contribution in [-0.4, -0.2) is 28.7 Å². The van der Waals surface area contributed by atoms with Gasteiger partial charge in [0.25, 0.3) is 0 Å². The fourth-order valence-corrected chi connectivity index (χ4v) is 2.48. The molecule has 0 bridgehead atoms. The van der Waals surface area contributed by atoms with Crippen LogP contribution in [0, 0.1) is 24.2 Å². The number of nitrogens with two attached hydrogens (primary N) is 1. The summed E-state index contributed by atoms with van der Waals surface area (Å²) in [5.74, 6) is 2.40. The molecule has 0 spiro atoms. The predicted octanol–water partition coefficient (Wildman–Crippen LogP) is 2.91. The molecule has 5 heteroatoms. The van der Waals surface area contributed by atoms with Gasteiger partial charge < -0.3 is 10.6 Å². The van der Waals surface area contributed by atoms with E-state index in [1.807, 2.05) is 18.7 Å². The third-order valence-electron chi connectivity index (χ3n) is 3.71. The number of nitrogen functional groups attached to an aromatic ring is 1. The van der Waals surface area contributed by atoms with E-state index in [1.54, 1.807) is 0 Å². The summed E-state index contributed by atoms with van der Waals surface area (Å²) >= 11 is 0. The van der Waals surface area contributed by atoms with Crippen LogP contribution in [0.1, 0.15) is 51.8 Å². The molecule has 0 saturated carbocycles. The van der Waals surface area contributed by atoms with Crippen molar-refractivity contribution in [2.45, 2.75) is 47.5 Å². The molecule has 120 valence electrons. The Morgan fingerprint density at radius 3 is 2.05 bits per heavy atom. The highest BCUT2D eigenvalue weighted by Gasteiger charge is 2.21. The average molecular weight is 293 g/mol. The standard InChI is InChI=1S/C16H31N5/c1-11(2)7-9-21(10-8-12(3)4)16-14(15(17)18)13(5)19-20(16)6/h11-12H,7-10H2,1-6H3,(H3,17,18). The SMILES string of the molecule is Cc1nn(C)c(N(CCC(C)C)CCC(C)C)c1C(=N)N. The van der Waals surface area contributed by atoms with Gasteiger partial charge in [0.15, 0.2) is 0 Å². The van der Waals surface area contributed by atoms with Gasteiger partial charge in [0.1, 0.15) is 11.7 Å². The van der Waals surface area contributed by atoms with Crippen LogP contribution in [0.4, 0.5) is 5.82 Å². The molecule has 1 aromatic rings. The number of nitrogens with zero attached hydrogens (tertiary/aromatic N) is 3. The van der Waals surface area contributed by atoms with Crippen molar-refractivity contribution in [3.05, 3.63) is 11.3 Å². The molecule has 21 heavy (non-hydrogen) atoms. The Morgan fingerprint density at radius 2 is 1.67 bits per heavy atom. The van der Waals surface area contributed by atoms with Gasteiger partial charge in [-0.3, -0.25) is 10.1 Å². The third-order valence-corrected chi connectivity index (χ3v) is 3.71. The Morgan fingerprint density at radius 1 is 1.19 bits per heavy atom. The van der Waals surface area contributed by atoms with E-state index in [-0.39, 0.29) is 5.84 Å². The molecule has 0 aliphatic rings. The van der Waals surface area contributed by atoms with Gasteiger partial charge in [-0.15, -0.1) is 0 Å². The highest BCUT2D eigenvalue weighted by molar-refractivity contribution is 6.00. The van der Waals surface area contributed by atoms with Gasteiger partial charge in [-0.1, -0.05) is 27.7 Å². The Kier molecular flexibility index (Phi) is 6.24. The smallest absolute Gasteiger partial charge is 0.137 e. The number of rotatable bonds is 8. The predicted molar refractivity (Wildman–Crippen MR) is 90.1 cm³/mol. The van der Waals surface area contributed by atoms with E-state index in [0.29, 0.717) is 11.8 Å². The fourth-order valence-electron chi connectivity index (χ4n) is 2.48. The Balaban J connectivity index is 3.09. The van der Waals surface area contributed by atoms with Crippen molar-refractivity contribution in [3.8, 4) is 0 Å². The van der Waals surface area contributed by atoms with Crippen molar-refractivity contribution in [3.63, 3.8) is 0 Å². The van der Waals surface area contributed by atoms with Crippen LogP contribution >= 0.6 is 0 Å². The molecular weight excluding hydrogens is 262 g/mol. The van der Waals surface area contributed by atoms with Gasteiger partial charge in [0, 0.05) is 20.1 Å². The summed E-state index contributed by atoms with van der Waals surface area (Å²) in [4.78, 5) is 2.34. The molecule has 0 aliphatic carbocycles. The second kappa shape index (κ2) is 7.48. The first-order valence-corrected chi connectivity index (χ1v) is 7.87. The van der Waals surface area contributed by atoms with Crippen molar-refractivity contribution < 1.29 is 0 Å². The maximum Gasteiger partial charge on any atom is 0.137 e. The molecule has 0 fully saturated rings. The van der Waals surface area contributed by atoms with Crippen molar-refractivity contribution in [1.82, 2.24) is 9.78 Å². The van der Waals surface area contributed by atoms with Crippen molar-refractivity contribution in [2.24, 2.45) is 24.6 Å². The normalized spacial score (nSPS) is 11.4. The van der Waals surface area contributed by atoms with Crippen LogP contribution in [-0.2, 0) is 7.05 Å². The van der Waals surface area contributed by atoms with E-state index in [1.165, 1.54) is 0 Å². The highest BCUT2D eigenvalue weighted by Crippen LogP contribution is 2.24. The number of amidine groups is 1. The van der Waals surface area contributed by atoms with E-state index in [4.69, 9.17) is 11.1 Å². The third kappa shape index (κ3) is 4.76. The minimum atomic E-state index is 0.106. The number of nitrogens with one attached hydrogen (secondary N) is 1. The zero-order chi connectivity index (χ0) is 16.2. The maximum absolute atomic E-state index is 7.85. The average Bonchev–Trinajstić information content (AvgIpc) is 2.64. The highest BCUT2D eigenvalue weighted by atomic mass is 15.4. The first-order chi connectivity index (χ1) is 9.73. The maximum atomic E-state index is 7.85. The lowest BCUT2D eigenvalue weighted by Crippen LogP contribution is -2.31. The summed E-state index contributed by atoms with van der Waals surface area (Å²) in [6.45, 7) is 12.8. The van der Waals surface area contributed by atoms with Crippen LogP contribution < -0.4 is 10.6 Å². The van der Waals surface area contributed by atoms with Gasteiger partial charge >= 0.3 is 0 Å². The number of hydrogen-bond donors (Lipinski definition) is 2. The molecule has 1 heterocycles. The van der Waals surface area contributed by atoms with Gasteiger partial charge in [-0.25, -0.2) is 0 Å².